The van der Waals surface area contributed by atoms with Crippen molar-refractivity contribution in [2.45, 2.75) is 46.0 Å². The molecule has 0 aromatic rings. The van der Waals surface area contributed by atoms with E-state index < -0.39 is 12.4 Å². The maximum Gasteiger partial charge on any atom is 0.161 e. The largest absolute Gasteiger partial charge is 0.385 e. The summed E-state index contributed by atoms with van der Waals surface area (Å²) in [7, 11) is 0. The summed E-state index contributed by atoms with van der Waals surface area (Å²) in [6.45, 7) is 5.30. The average Bonchev–Trinajstić information content (AvgIpc) is 2.00. The van der Waals surface area contributed by atoms with E-state index in [1.807, 2.05) is 0 Å². The van der Waals surface area contributed by atoms with Crippen molar-refractivity contribution >= 4 is 5.78 Å². The highest BCUT2D eigenvalue weighted by atomic mass is 16.5. The Labute approximate surface area is 84.6 Å². The van der Waals surface area contributed by atoms with Crippen molar-refractivity contribution in [2.75, 3.05) is 0 Å². The summed E-state index contributed by atoms with van der Waals surface area (Å²) in [5, 5.41) is 26.7. The number of rotatable bonds is 6. The average molecular weight is 204 g/mol. The number of Topliss-reactive ketones (excluding diaryl/α,β-unsaturated/α-hetero) is 1. The zero-order valence-corrected chi connectivity index (χ0v) is 8.97. The van der Waals surface area contributed by atoms with Crippen LogP contribution in [-0.2, 0) is 4.79 Å². The van der Waals surface area contributed by atoms with E-state index in [2.05, 4.69) is 0 Å². The quantitative estimate of drug-likeness (QED) is 0.544. The van der Waals surface area contributed by atoms with E-state index in [4.69, 9.17) is 10.2 Å². The van der Waals surface area contributed by atoms with Crippen LogP contribution in [0.2, 0.25) is 0 Å². The lowest BCUT2D eigenvalue weighted by Crippen LogP contribution is -2.28. The van der Waals surface area contributed by atoms with Gasteiger partial charge in [0.15, 0.2) is 12.1 Å². The molecule has 0 aromatic heterocycles. The van der Waals surface area contributed by atoms with Crippen LogP contribution in [0, 0.1) is 11.8 Å². The molecule has 0 spiro atoms. The van der Waals surface area contributed by atoms with Crippen molar-refractivity contribution in [3.8, 4) is 0 Å². The first-order chi connectivity index (χ1) is 6.34. The van der Waals surface area contributed by atoms with Gasteiger partial charge in [-0.2, -0.15) is 0 Å². The van der Waals surface area contributed by atoms with E-state index in [9.17, 15) is 9.90 Å². The normalized spacial score (nSPS) is 16.0. The second kappa shape index (κ2) is 6.11. The summed E-state index contributed by atoms with van der Waals surface area (Å²) in [5.74, 6) is -0.433. The summed E-state index contributed by atoms with van der Waals surface area (Å²) < 4.78 is 0. The van der Waals surface area contributed by atoms with Crippen LogP contribution in [0.25, 0.3) is 0 Å². The van der Waals surface area contributed by atoms with Crippen molar-refractivity contribution in [1.29, 1.82) is 0 Å². The van der Waals surface area contributed by atoms with Gasteiger partial charge in [-0.15, -0.1) is 0 Å². The smallest absolute Gasteiger partial charge is 0.161 e. The monoisotopic (exact) mass is 204 g/mol. The van der Waals surface area contributed by atoms with Crippen LogP contribution in [-0.4, -0.2) is 33.5 Å². The van der Waals surface area contributed by atoms with Gasteiger partial charge in [-0.3, -0.25) is 4.79 Å². The van der Waals surface area contributed by atoms with Gasteiger partial charge in [0.05, 0.1) is 0 Å². The van der Waals surface area contributed by atoms with Gasteiger partial charge < -0.3 is 15.3 Å². The van der Waals surface area contributed by atoms with E-state index >= 15 is 0 Å². The van der Waals surface area contributed by atoms with E-state index in [1.165, 1.54) is 0 Å². The maximum absolute atomic E-state index is 11.4. The molecule has 3 N–H and O–H groups in total. The third-order valence-corrected chi connectivity index (χ3v) is 2.12. The van der Waals surface area contributed by atoms with Crippen LogP contribution in [0.3, 0.4) is 0 Å². The van der Waals surface area contributed by atoms with Gasteiger partial charge in [0.1, 0.15) is 6.10 Å². The van der Waals surface area contributed by atoms with Crippen molar-refractivity contribution in [2.24, 2.45) is 11.8 Å². The molecule has 2 unspecified atom stereocenters. The predicted molar refractivity (Wildman–Crippen MR) is 52.5 cm³/mol. The highest BCUT2D eigenvalue weighted by Gasteiger charge is 2.21. The summed E-state index contributed by atoms with van der Waals surface area (Å²) in [5.41, 5.74) is 0. The first kappa shape index (κ1) is 13.5. The Morgan fingerprint density at radius 2 is 1.64 bits per heavy atom. The van der Waals surface area contributed by atoms with E-state index in [0.717, 1.165) is 0 Å². The molecule has 14 heavy (non-hydrogen) atoms. The Bertz CT molecular complexity index is 177. The lowest BCUT2D eigenvalue weighted by molar-refractivity contribution is -0.130. The molecule has 4 heteroatoms. The van der Waals surface area contributed by atoms with Crippen LogP contribution in [0.4, 0.5) is 0 Å². The first-order valence-corrected chi connectivity index (χ1v) is 4.91. The number of hydrogen-bond acceptors (Lipinski definition) is 4. The van der Waals surface area contributed by atoms with Gasteiger partial charge in [0.2, 0.25) is 0 Å². The first-order valence-electron chi connectivity index (χ1n) is 4.91. The Kier molecular flexibility index (Phi) is 5.92. The molecule has 0 aliphatic carbocycles. The summed E-state index contributed by atoms with van der Waals surface area (Å²) >= 11 is 0. The molecule has 2 atom stereocenters. The number of aliphatic hydroxyl groups is 3. The molecule has 0 saturated heterocycles. The highest BCUT2D eigenvalue weighted by Crippen LogP contribution is 2.14. The van der Waals surface area contributed by atoms with Gasteiger partial charge in [0.25, 0.3) is 0 Å². The lowest BCUT2D eigenvalue weighted by atomic mass is 9.94. The van der Waals surface area contributed by atoms with Gasteiger partial charge in [-0.05, 0) is 11.8 Å². The summed E-state index contributed by atoms with van der Waals surface area (Å²) in [6, 6.07) is 0. The molecule has 0 aromatic carbocycles. The zero-order valence-electron chi connectivity index (χ0n) is 8.97. The van der Waals surface area contributed by atoms with E-state index in [-0.39, 0.29) is 30.5 Å². The molecule has 0 rings (SSSR count). The van der Waals surface area contributed by atoms with Crippen LogP contribution in [0.5, 0.6) is 0 Å². The third-order valence-electron chi connectivity index (χ3n) is 2.12. The molecule has 0 fully saturated rings. The van der Waals surface area contributed by atoms with Gasteiger partial charge in [0, 0.05) is 12.8 Å². The standard InChI is InChI=1S/C10H20O4/c1-6(2)10(14)8(11)4-7(3)5-9(12)13/h6-7,9-10,12-14H,4-5H2,1-3H3. The topological polar surface area (TPSA) is 77.8 Å². The van der Waals surface area contributed by atoms with Crippen LogP contribution in [0.1, 0.15) is 33.6 Å². The number of carbonyl (C=O) groups is 1. The fourth-order valence-corrected chi connectivity index (χ4v) is 1.28. The molecule has 0 aliphatic rings. The Morgan fingerprint density at radius 1 is 1.14 bits per heavy atom. The molecule has 0 amide bonds. The Balaban J connectivity index is 3.93. The van der Waals surface area contributed by atoms with E-state index in [1.54, 1.807) is 20.8 Å². The van der Waals surface area contributed by atoms with Crippen molar-refractivity contribution in [1.82, 2.24) is 0 Å². The van der Waals surface area contributed by atoms with Gasteiger partial charge in [-0.25, -0.2) is 0 Å². The summed E-state index contributed by atoms with van der Waals surface area (Å²) in [6.07, 6.45) is -1.96. The molecule has 0 bridgehead atoms. The molecular weight excluding hydrogens is 184 g/mol. The highest BCUT2D eigenvalue weighted by molar-refractivity contribution is 5.83. The second-order valence-corrected chi connectivity index (χ2v) is 4.18. The van der Waals surface area contributed by atoms with Crippen molar-refractivity contribution in [3.63, 3.8) is 0 Å². The third kappa shape index (κ3) is 5.32. The minimum atomic E-state index is -1.38. The van der Waals surface area contributed by atoms with Crippen LogP contribution >= 0.6 is 0 Å². The molecule has 0 heterocycles. The number of hydrogen-bond donors (Lipinski definition) is 3. The SMILES string of the molecule is CC(CC(=O)C(O)C(C)C)CC(O)O. The Morgan fingerprint density at radius 3 is 2.00 bits per heavy atom. The maximum atomic E-state index is 11.4. The fraction of sp³-hybridized carbons (Fsp3) is 0.900. The van der Waals surface area contributed by atoms with Gasteiger partial charge in [-0.1, -0.05) is 20.8 Å². The number of ketones is 1. The molecule has 4 nitrogen and oxygen atoms in total. The van der Waals surface area contributed by atoms with Crippen LogP contribution < -0.4 is 0 Å². The molecule has 0 radical (unpaired) electrons. The van der Waals surface area contributed by atoms with Crippen molar-refractivity contribution in [3.05, 3.63) is 0 Å². The van der Waals surface area contributed by atoms with E-state index in [0.29, 0.717) is 0 Å². The van der Waals surface area contributed by atoms with Crippen LogP contribution in [0.15, 0.2) is 0 Å². The molecule has 84 valence electrons. The zero-order chi connectivity index (χ0) is 11.3. The molecular formula is C10H20O4. The minimum Gasteiger partial charge on any atom is -0.385 e. The summed E-state index contributed by atoms with van der Waals surface area (Å²) in [4.78, 5) is 11.4. The second-order valence-electron chi connectivity index (χ2n) is 4.18. The van der Waals surface area contributed by atoms with Gasteiger partial charge >= 0.3 is 0 Å². The minimum absolute atomic E-state index is 0.0891. The van der Waals surface area contributed by atoms with Crippen molar-refractivity contribution < 1.29 is 20.1 Å². The fourth-order valence-electron chi connectivity index (χ4n) is 1.28. The predicted octanol–water partition coefficient (Wildman–Crippen LogP) is 0.299. The number of aliphatic hydroxyl groups excluding tert-OH is 2. The molecule has 0 aliphatic heterocycles. The Hall–Kier alpha value is -0.450. The lowest BCUT2D eigenvalue weighted by Gasteiger charge is -2.16. The number of carbonyl (C=O) groups excluding carboxylic acids is 1. The molecule has 0 saturated carbocycles.